The molecule has 0 radical (unpaired) electrons. The molecule has 0 spiro atoms. The molecule has 0 aromatic heterocycles. The van der Waals surface area contributed by atoms with Crippen LogP contribution in [0.1, 0.15) is 32.4 Å². The van der Waals surface area contributed by atoms with E-state index in [1.165, 1.54) is 6.92 Å². The molecule has 1 aromatic carbocycles. The molecule has 2 N–H and O–H groups in total. The zero-order valence-corrected chi connectivity index (χ0v) is 9.36. The van der Waals surface area contributed by atoms with Crippen LogP contribution < -0.4 is 5.73 Å². The number of carbonyl (C=O) groups is 1. The monoisotopic (exact) mass is 207 g/mol. The topological polar surface area (TPSA) is 52.3 Å². The summed E-state index contributed by atoms with van der Waals surface area (Å²) in [5.74, 6) is -0.314. The van der Waals surface area contributed by atoms with E-state index in [2.05, 4.69) is 0 Å². The van der Waals surface area contributed by atoms with E-state index < -0.39 is 5.60 Å². The molecule has 0 bridgehead atoms. The van der Waals surface area contributed by atoms with Crippen molar-refractivity contribution in [3.05, 3.63) is 35.9 Å². The number of nitrogens with two attached hydrogens (primary N) is 1. The van der Waals surface area contributed by atoms with Gasteiger partial charge in [0.05, 0.1) is 6.04 Å². The average molecular weight is 207 g/mol. The van der Waals surface area contributed by atoms with Gasteiger partial charge in [0.1, 0.15) is 5.60 Å². The molecule has 0 fully saturated rings. The van der Waals surface area contributed by atoms with Crippen LogP contribution in [0, 0.1) is 0 Å². The summed E-state index contributed by atoms with van der Waals surface area (Å²) in [6, 6.07) is 9.29. The second-order valence-corrected chi connectivity index (χ2v) is 4.09. The highest BCUT2D eigenvalue weighted by Gasteiger charge is 2.30. The van der Waals surface area contributed by atoms with Crippen LogP contribution in [0.3, 0.4) is 0 Å². The van der Waals surface area contributed by atoms with Gasteiger partial charge in [-0.25, -0.2) is 0 Å². The molecule has 0 amide bonds. The molecule has 1 rings (SSSR count). The van der Waals surface area contributed by atoms with Crippen LogP contribution in [0.25, 0.3) is 0 Å². The lowest BCUT2D eigenvalue weighted by Crippen LogP contribution is -2.39. The minimum Gasteiger partial charge on any atom is -0.458 e. The molecule has 3 heteroatoms. The Labute approximate surface area is 90.2 Å². The highest BCUT2D eigenvalue weighted by molar-refractivity contribution is 5.66. The predicted octanol–water partition coefficient (Wildman–Crippen LogP) is 2.03. The first kappa shape index (κ1) is 11.7. The van der Waals surface area contributed by atoms with E-state index in [4.69, 9.17) is 10.5 Å². The fraction of sp³-hybridized carbons (Fsp3) is 0.417. The van der Waals surface area contributed by atoms with E-state index in [9.17, 15) is 4.79 Å². The molecule has 82 valence electrons. The summed E-state index contributed by atoms with van der Waals surface area (Å²) in [5, 5.41) is 0. The van der Waals surface area contributed by atoms with E-state index in [1.54, 1.807) is 0 Å². The van der Waals surface area contributed by atoms with Gasteiger partial charge in [0.15, 0.2) is 0 Å². The van der Waals surface area contributed by atoms with Crippen molar-refractivity contribution in [2.45, 2.75) is 32.4 Å². The van der Waals surface area contributed by atoms with Crippen molar-refractivity contribution >= 4 is 5.97 Å². The molecule has 0 aliphatic carbocycles. The third-order valence-corrected chi connectivity index (χ3v) is 2.31. The molecule has 0 aliphatic heterocycles. The van der Waals surface area contributed by atoms with Gasteiger partial charge >= 0.3 is 5.97 Å². The van der Waals surface area contributed by atoms with Gasteiger partial charge in [-0.1, -0.05) is 30.3 Å². The maximum Gasteiger partial charge on any atom is 0.303 e. The smallest absolute Gasteiger partial charge is 0.303 e. The normalized spacial score (nSPS) is 13.3. The number of carbonyl (C=O) groups excluding carboxylic acids is 1. The third-order valence-electron chi connectivity index (χ3n) is 2.31. The first-order chi connectivity index (χ1) is 6.93. The van der Waals surface area contributed by atoms with Crippen molar-refractivity contribution in [3.8, 4) is 0 Å². The van der Waals surface area contributed by atoms with E-state index in [0.717, 1.165) is 5.56 Å². The van der Waals surface area contributed by atoms with Gasteiger partial charge in [0.25, 0.3) is 0 Å². The maximum atomic E-state index is 10.9. The lowest BCUT2D eigenvalue weighted by molar-refractivity contribution is -0.155. The minimum atomic E-state index is -0.687. The molecule has 0 saturated carbocycles. The highest BCUT2D eigenvalue weighted by Crippen LogP contribution is 2.26. The summed E-state index contributed by atoms with van der Waals surface area (Å²) in [5.41, 5.74) is 6.32. The minimum absolute atomic E-state index is 0.314. The van der Waals surface area contributed by atoms with Gasteiger partial charge in [-0.15, -0.1) is 0 Å². The number of esters is 1. The van der Waals surface area contributed by atoms with Crippen LogP contribution in [-0.4, -0.2) is 11.6 Å². The summed E-state index contributed by atoms with van der Waals surface area (Å²) in [4.78, 5) is 10.9. The SMILES string of the molecule is CC(=O)OC(C)(C)C(N)c1ccccc1. The Hall–Kier alpha value is -1.35. The molecule has 1 aromatic rings. The Morgan fingerprint density at radius 3 is 2.33 bits per heavy atom. The molecule has 0 aliphatic rings. The third kappa shape index (κ3) is 3.06. The molecule has 1 atom stereocenters. The summed E-state index contributed by atoms with van der Waals surface area (Å²) >= 11 is 0. The lowest BCUT2D eigenvalue weighted by atomic mass is 9.92. The molecule has 0 heterocycles. The fourth-order valence-electron chi connectivity index (χ4n) is 1.50. The van der Waals surface area contributed by atoms with Crippen molar-refractivity contribution < 1.29 is 9.53 Å². The van der Waals surface area contributed by atoms with Gasteiger partial charge in [0, 0.05) is 6.92 Å². The summed E-state index contributed by atoms with van der Waals surface area (Å²) in [6.07, 6.45) is 0. The van der Waals surface area contributed by atoms with Gasteiger partial charge in [-0.2, -0.15) is 0 Å². The van der Waals surface area contributed by atoms with Crippen molar-refractivity contribution in [2.24, 2.45) is 5.73 Å². The number of ether oxygens (including phenoxy) is 1. The van der Waals surface area contributed by atoms with Crippen LogP contribution in [0.5, 0.6) is 0 Å². The zero-order valence-electron chi connectivity index (χ0n) is 9.36. The van der Waals surface area contributed by atoms with E-state index in [-0.39, 0.29) is 12.0 Å². The number of benzene rings is 1. The Morgan fingerprint density at radius 1 is 1.33 bits per heavy atom. The molecular formula is C12H17NO2. The number of hydrogen-bond acceptors (Lipinski definition) is 3. The second kappa shape index (κ2) is 4.45. The molecule has 1 unspecified atom stereocenters. The highest BCUT2D eigenvalue weighted by atomic mass is 16.6. The van der Waals surface area contributed by atoms with Crippen LogP contribution >= 0.6 is 0 Å². The van der Waals surface area contributed by atoms with Crippen molar-refractivity contribution in [2.75, 3.05) is 0 Å². The molecule has 0 saturated heterocycles. The Bertz CT molecular complexity index is 333. The Kier molecular flexibility index (Phi) is 3.48. The standard InChI is InChI=1S/C12H17NO2/c1-9(14)15-12(2,3)11(13)10-7-5-4-6-8-10/h4-8,11H,13H2,1-3H3. The first-order valence-corrected chi connectivity index (χ1v) is 4.93. The van der Waals surface area contributed by atoms with Gasteiger partial charge in [-0.3, -0.25) is 4.79 Å². The van der Waals surface area contributed by atoms with Crippen LogP contribution in [-0.2, 0) is 9.53 Å². The molecule has 3 nitrogen and oxygen atoms in total. The van der Waals surface area contributed by atoms with Crippen LogP contribution in [0.2, 0.25) is 0 Å². The Morgan fingerprint density at radius 2 is 1.87 bits per heavy atom. The molecule has 15 heavy (non-hydrogen) atoms. The summed E-state index contributed by atoms with van der Waals surface area (Å²) < 4.78 is 5.19. The van der Waals surface area contributed by atoms with E-state index in [0.29, 0.717) is 0 Å². The second-order valence-electron chi connectivity index (χ2n) is 4.09. The van der Waals surface area contributed by atoms with Crippen LogP contribution in [0.15, 0.2) is 30.3 Å². The van der Waals surface area contributed by atoms with Gasteiger partial charge < -0.3 is 10.5 Å². The maximum absolute atomic E-state index is 10.9. The van der Waals surface area contributed by atoms with Crippen LogP contribution in [0.4, 0.5) is 0 Å². The lowest BCUT2D eigenvalue weighted by Gasteiger charge is -2.31. The molecular weight excluding hydrogens is 190 g/mol. The van der Waals surface area contributed by atoms with Crippen molar-refractivity contribution in [1.29, 1.82) is 0 Å². The largest absolute Gasteiger partial charge is 0.458 e. The first-order valence-electron chi connectivity index (χ1n) is 4.93. The summed E-state index contributed by atoms with van der Waals surface area (Å²) in [6.45, 7) is 5.01. The van der Waals surface area contributed by atoms with Crippen molar-refractivity contribution in [1.82, 2.24) is 0 Å². The predicted molar refractivity (Wildman–Crippen MR) is 59.2 cm³/mol. The van der Waals surface area contributed by atoms with Gasteiger partial charge in [-0.05, 0) is 19.4 Å². The zero-order chi connectivity index (χ0) is 11.5. The summed E-state index contributed by atoms with van der Waals surface area (Å²) in [7, 11) is 0. The fourth-order valence-corrected chi connectivity index (χ4v) is 1.50. The van der Waals surface area contributed by atoms with Gasteiger partial charge in [0.2, 0.25) is 0 Å². The van der Waals surface area contributed by atoms with Crippen molar-refractivity contribution in [3.63, 3.8) is 0 Å². The quantitative estimate of drug-likeness (QED) is 0.771. The van der Waals surface area contributed by atoms with E-state index in [1.807, 2.05) is 44.2 Å². The number of rotatable bonds is 3. The van der Waals surface area contributed by atoms with E-state index >= 15 is 0 Å². The number of hydrogen-bond donors (Lipinski definition) is 1. The Balaban J connectivity index is 2.84. The average Bonchev–Trinajstić information content (AvgIpc) is 2.16.